The van der Waals surface area contributed by atoms with Crippen LogP contribution >= 0.6 is 0 Å². The van der Waals surface area contributed by atoms with Gasteiger partial charge in [-0.05, 0) is 83.1 Å². The van der Waals surface area contributed by atoms with E-state index in [9.17, 15) is 30.7 Å². The minimum absolute atomic E-state index is 0.0370. The molecule has 0 spiro atoms. The van der Waals surface area contributed by atoms with Crippen LogP contribution in [0.25, 0.3) is 33.4 Å². The lowest BCUT2D eigenvalue weighted by molar-refractivity contribution is -0.189. The molecule has 1 nitrogen and oxygen atoms in total. The van der Waals surface area contributed by atoms with Gasteiger partial charge >= 0.3 is 6.11 Å². The first kappa shape index (κ1) is 31.7. The van der Waals surface area contributed by atoms with E-state index in [1.165, 1.54) is 6.07 Å². The maximum absolute atomic E-state index is 15.0. The number of alkyl halides is 2. The highest BCUT2D eigenvalue weighted by atomic mass is 19.3. The van der Waals surface area contributed by atoms with Crippen molar-refractivity contribution in [2.75, 3.05) is 0 Å². The number of hydrogen-bond donors (Lipinski definition) is 0. The summed E-state index contributed by atoms with van der Waals surface area (Å²) in [5, 5.41) is 0. The summed E-state index contributed by atoms with van der Waals surface area (Å²) in [5.74, 6) is -10.9. The quantitative estimate of drug-likeness (QED) is 0.116. The highest BCUT2D eigenvalue weighted by molar-refractivity contribution is 5.72. The highest BCUT2D eigenvalue weighted by Gasteiger charge is 2.41. The molecule has 5 aromatic rings. The monoisotopic (exact) mass is 630 g/mol. The number of halogens is 9. The van der Waals surface area contributed by atoms with E-state index in [0.717, 1.165) is 61.2 Å². The van der Waals surface area contributed by atoms with Gasteiger partial charge in [0.1, 0.15) is 34.6 Å². The normalized spacial score (nSPS) is 11.6. The fourth-order valence-electron chi connectivity index (χ4n) is 4.88. The molecule has 0 atom stereocenters. The second-order valence-corrected chi connectivity index (χ2v) is 10.3. The number of ether oxygens (including phenoxy) is 1. The van der Waals surface area contributed by atoms with Crippen LogP contribution in [0.15, 0.2) is 84.9 Å². The molecule has 0 aliphatic heterocycles. The van der Waals surface area contributed by atoms with Crippen LogP contribution in [-0.4, -0.2) is 0 Å². The van der Waals surface area contributed by atoms with E-state index in [2.05, 4.69) is 4.74 Å². The van der Waals surface area contributed by atoms with Gasteiger partial charge in [0.15, 0.2) is 17.5 Å². The summed E-state index contributed by atoms with van der Waals surface area (Å²) >= 11 is 0. The Balaban J connectivity index is 1.36. The summed E-state index contributed by atoms with van der Waals surface area (Å²) in [6.07, 6.45) is -1.75. The Labute approximate surface area is 252 Å². The SMILES string of the molecule is CCCCc1ccc(-c2cc(F)c(C(F)(F)Oc3ccc(-c4ccc(-c5cc(F)c(F)c(F)c5)c(F)c4)c(F)c3)c(F)c2)cc1. The molecule has 5 aromatic carbocycles. The summed E-state index contributed by atoms with van der Waals surface area (Å²) in [6, 6.07) is 15.1. The molecule has 0 radical (unpaired) electrons. The van der Waals surface area contributed by atoms with E-state index in [1.807, 2.05) is 6.92 Å². The fraction of sp³-hybridized carbons (Fsp3) is 0.143. The van der Waals surface area contributed by atoms with Gasteiger partial charge in [0.05, 0.1) is 0 Å². The summed E-state index contributed by atoms with van der Waals surface area (Å²) in [7, 11) is 0. The summed E-state index contributed by atoms with van der Waals surface area (Å²) < 4.78 is 135. The molecule has 232 valence electrons. The van der Waals surface area contributed by atoms with Gasteiger partial charge in [0.25, 0.3) is 0 Å². The number of aryl methyl sites for hydroxylation is 1. The third-order valence-corrected chi connectivity index (χ3v) is 7.20. The molecule has 0 aromatic heterocycles. The van der Waals surface area contributed by atoms with E-state index in [1.54, 1.807) is 24.3 Å². The summed E-state index contributed by atoms with van der Waals surface area (Å²) in [6.45, 7) is 2.05. The standard InChI is InChI=1S/C35H23F9O/c1-2-3-4-19-5-7-20(8-6-19)22-14-29(38)33(30(39)15-22)35(43,44)45-24-10-12-25(28(37)18-24)21-9-11-26(27(36)13-21)23-16-31(40)34(42)32(41)17-23/h5-18H,2-4H2,1H3. The van der Waals surface area contributed by atoms with Crippen LogP contribution < -0.4 is 4.74 Å². The molecular formula is C35H23F9O. The van der Waals surface area contributed by atoms with Crippen molar-refractivity contribution in [3.63, 3.8) is 0 Å². The molecule has 0 aliphatic rings. The molecule has 5 rings (SSSR count). The van der Waals surface area contributed by atoms with E-state index in [4.69, 9.17) is 0 Å². The topological polar surface area (TPSA) is 9.23 Å². The molecular weight excluding hydrogens is 607 g/mol. The van der Waals surface area contributed by atoms with Crippen LogP contribution in [0.1, 0.15) is 30.9 Å². The van der Waals surface area contributed by atoms with Crippen LogP contribution in [0.4, 0.5) is 39.5 Å². The Morgan fingerprint density at radius 1 is 0.533 bits per heavy atom. The fourth-order valence-corrected chi connectivity index (χ4v) is 4.88. The lowest BCUT2D eigenvalue weighted by atomic mass is 9.99. The molecule has 45 heavy (non-hydrogen) atoms. The summed E-state index contributed by atoms with van der Waals surface area (Å²) in [4.78, 5) is 0. The van der Waals surface area contributed by atoms with E-state index < -0.39 is 58.1 Å². The molecule has 10 heteroatoms. The predicted octanol–water partition coefficient (Wildman–Crippen LogP) is 11.1. The minimum atomic E-state index is -4.54. The van der Waals surface area contributed by atoms with Crippen molar-refractivity contribution in [3.8, 4) is 39.1 Å². The van der Waals surface area contributed by atoms with Crippen molar-refractivity contribution >= 4 is 0 Å². The predicted molar refractivity (Wildman–Crippen MR) is 152 cm³/mol. The van der Waals surface area contributed by atoms with Crippen LogP contribution in [0, 0.1) is 40.7 Å². The molecule has 0 amide bonds. The zero-order chi connectivity index (χ0) is 32.5. The van der Waals surface area contributed by atoms with Gasteiger partial charge in [-0.2, -0.15) is 8.78 Å². The first-order valence-corrected chi connectivity index (χ1v) is 13.8. The Morgan fingerprint density at radius 3 is 1.62 bits per heavy atom. The van der Waals surface area contributed by atoms with Crippen LogP contribution in [0.5, 0.6) is 5.75 Å². The zero-order valence-corrected chi connectivity index (χ0v) is 23.5. The minimum Gasteiger partial charge on any atom is -0.429 e. The van der Waals surface area contributed by atoms with Crippen molar-refractivity contribution in [1.82, 2.24) is 0 Å². The molecule has 0 aliphatic carbocycles. The van der Waals surface area contributed by atoms with Crippen LogP contribution in [-0.2, 0) is 12.5 Å². The number of rotatable bonds is 9. The van der Waals surface area contributed by atoms with Crippen LogP contribution in [0.3, 0.4) is 0 Å². The largest absolute Gasteiger partial charge is 0.432 e. The van der Waals surface area contributed by atoms with Gasteiger partial charge in [-0.15, -0.1) is 0 Å². The lowest BCUT2D eigenvalue weighted by Gasteiger charge is -2.20. The van der Waals surface area contributed by atoms with Crippen molar-refractivity contribution in [2.45, 2.75) is 32.3 Å². The Morgan fingerprint density at radius 2 is 1.04 bits per heavy atom. The number of benzene rings is 5. The van der Waals surface area contributed by atoms with Gasteiger partial charge in [-0.25, -0.2) is 30.7 Å². The van der Waals surface area contributed by atoms with Crippen molar-refractivity contribution in [3.05, 3.63) is 137 Å². The summed E-state index contributed by atoms with van der Waals surface area (Å²) in [5.41, 5.74) is -1.15. The Bertz CT molecular complexity index is 1820. The van der Waals surface area contributed by atoms with Gasteiger partial charge in [0, 0.05) is 17.2 Å². The number of hydrogen-bond acceptors (Lipinski definition) is 1. The molecule has 0 N–H and O–H groups in total. The highest BCUT2D eigenvalue weighted by Crippen LogP contribution is 2.39. The maximum Gasteiger partial charge on any atom is 0.432 e. The molecule has 0 fully saturated rings. The van der Waals surface area contributed by atoms with Crippen molar-refractivity contribution in [2.24, 2.45) is 0 Å². The van der Waals surface area contributed by atoms with Gasteiger partial charge in [0.2, 0.25) is 0 Å². The molecule has 0 heterocycles. The third-order valence-electron chi connectivity index (χ3n) is 7.20. The Hall–Kier alpha value is -4.73. The molecule has 0 saturated carbocycles. The number of unbranched alkanes of at least 4 members (excludes halogenated alkanes) is 1. The van der Waals surface area contributed by atoms with E-state index in [-0.39, 0.29) is 27.8 Å². The molecule has 0 bridgehead atoms. The van der Waals surface area contributed by atoms with E-state index in [0.29, 0.717) is 23.8 Å². The second kappa shape index (κ2) is 12.7. The van der Waals surface area contributed by atoms with Crippen molar-refractivity contribution < 1.29 is 44.3 Å². The third kappa shape index (κ3) is 6.69. The van der Waals surface area contributed by atoms with E-state index >= 15 is 8.78 Å². The van der Waals surface area contributed by atoms with Gasteiger partial charge in [-0.1, -0.05) is 49.7 Å². The van der Waals surface area contributed by atoms with Gasteiger partial charge < -0.3 is 4.74 Å². The molecule has 0 saturated heterocycles. The smallest absolute Gasteiger partial charge is 0.429 e. The average molecular weight is 631 g/mol. The molecule has 0 unspecified atom stereocenters. The zero-order valence-electron chi connectivity index (χ0n) is 23.5. The van der Waals surface area contributed by atoms with Crippen LogP contribution in [0.2, 0.25) is 0 Å². The van der Waals surface area contributed by atoms with Gasteiger partial charge in [-0.3, -0.25) is 0 Å². The first-order chi connectivity index (χ1) is 21.4. The average Bonchev–Trinajstić information content (AvgIpc) is 2.98. The van der Waals surface area contributed by atoms with Crippen molar-refractivity contribution in [1.29, 1.82) is 0 Å². The maximum atomic E-state index is 15.0. The second-order valence-electron chi connectivity index (χ2n) is 10.3. The lowest BCUT2D eigenvalue weighted by Crippen LogP contribution is -2.25. The first-order valence-electron chi connectivity index (χ1n) is 13.8. The Kier molecular flexibility index (Phi) is 8.95.